The first-order chi connectivity index (χ1) is 9.72. The quantitative estimate of drug-likeness (QED) is 0.874. The van der Waals surface area contributed by atoms with E-state index >= 15 is 0 Å². The van der Waals surface area contributed by atoms with Gasteiger partial charge in [-0.25, -0.2) is 4.98 Å². The molecule has 1 saturated heterocycles. The van der Waals surface area contributed by atoms with Crippen molar-refractivity contribution in [1.82, 2.24) is 9.88 Å². The number of aromatic nitrogens is 1. The second-order valence-corrected chi connectivity index (χ2v) is 7.12. The highest BCUT2D eigenvalue weighted by molar-refractivity contribution is 7.13. The SMILES string of the molecule is Cc1ccc(CC(=O)N2CCN(c3nccs3)CC2)s1. The molecule has 0 N–H and O–H groups in total. The third kappa shape index (κ3) is 3.02. The van der Waals surface area contributed by atoms with Gasteiger partial charge in [0.2, 0.25) is 5.91 Å². The number of thiazole rings is 1. The molecule has 20 heavy (non-hydrogen) atoms. The molecule has 0 saturated carbocycles. The Morgan fingerprint density at radius 3 is 2.70 bits per heavy atom. The molecular formula is C14H17N3OS2. The molecule has 3 rings (SSSR count). The Balaban J connectivity index is 1.54. The lowest BCUT2D eigenvalue weighted by atomic mass is 10.2. The number of hydrogen-bond donors (Lipinski definition) is 0. The molecule has 0 radical (unpaired) electrons. The van der Waals surface area contributed by atoms with E-state index in [0.29, 0.717) is 6.42 Å². The maximum absolute atomic E-state index is 12.3. The number of aryl methyl sites for hydroxylation is 1. The van der Waals surface area contributed by atoms with E-state index in [4.69, 9.17) is 0 Å². The summed E-state index contributed by atoms with van der Waals surface area (Å²) >= 11 is 3.37. The fourth-order valence-electron chi connectivity index (χ4n) is 2.36. The molecule has 0 bridgehead atoms. The Morgan fingerprint density at radius 2 is 2.10 bits per heavy atom. The highest BCUT2D eigenvalue weighted by atomic mass is 32.1. The van der Waals surface area contributed by atoms with E-state index in [1.807, 2.05) is 16.5 Å². The summed E-state index contributed by atoms with van der Waals surface area (Å²) < 4.78 is 0. The Hall–Kier alpha value is -1.40. The van der Waals surface area contributed by atoms with Gasteiger partial charge < -0.3 is 9.80 Å². The summed E-state index contributed by atoms with van der Waals surface area (Å²) in [6.07, 6.45) is 2.37. The molecule has 0 atom stereocenters. The van der Waals surface area contributed by atoms with Gasteiger partial charge in [-0.3, -0.25) is 4.79 Å². The number of hydrogen-bond acceptors (Lipinski definition) is 5. The minimum Gasteiger partial charge on any atom is -0.345 e. The summed E-state index contributed by atoms with van der Waals surface area (Å²) in [6.45, 7) is 5.42. The van der Waals surface area contributed by atoms with Crippen molar-refractivity contribution in [3.05, 3.63) is 33.5 Å². The van der Waals surface area contributed by atoms with Crippen LogP contribution >= 0.6 is 22.7 Å². The maximum atomic E-state index is 12.3. The molecule has 1 aliphatic heterocycles. The number of rotatable bonds is 3. The van der Waals surface area contributed by atoms with Crippen molar-refractivity contribution in [2.45, 2.75) is 13.3 Å². The predicted octanol–water partition coefficient (Wildman–Crippen LogP) is 2.40. The van der Waals surface area contributed by atoms with Crippen LogP contribution in [0.2, 0.25) is 0 Å². The lowest BCUT2D eigenvalue weighted by Crippen LogP contribution is -2.49. The number of carbonyl (C=O) groups is 1. The molecule has 0 aliphatic carbocycles. The van der Waals surface area contributed by atoms with Gasteiger partial charge in [0, 0.05) is 47.5 Å². The van der Waals surface area contributed by atoms with Crippen molar-refractivity contribution in [3.63, 3.8) is 0 Å². The number of nitrogens with zero attached hydrogens (tertiary/aromatic N) is 3. The van der Waals surface area contributed by atoms with Gasteiger partial charge in [-0.15, -0.1) is 22.7 Å². The third-order valence-electron chi connectivity index (χ3n) is 3.44. The van der Waals surface area contributed by atoms with Crippen molar-refractivity contribution in [2.75, 3.05) is 31.1 Å². The van der Waals surface area contributed by atoms with Crippen LogP contribution < -0.4 is 4.90 Å². The highest BCUT2D eigenvalue weighted by Gasteiger charge is 2.22. The number of thiophene rings is 1. The van der Waals surface area contributed by atoms with Gasteiger partial charge in [0.15, 0.2) is 5.13 Å². The van der Waals surface area contributed by atoms with Gasteiger partial charge in [-0.05, 0) is 19.1 Å². The number of anilines is 1. The second kappa shape index (κ2) is 5.93. The average molecular weight is 307 g/mol. The van der Waals surface area contributed by atoms with Crippen LogP contribution in [-0.4, -0.2) is 42.0 Å². The maximum Gasteiger partial charge on any atom is 0.227 e. The van der Waals surface area contributed by atoms with Gasteiger partial charge in [0.25, 0.3) is 0 Å². The summed E-state index contributed by atoms with van der Waals surface area (Å²) in [5.74, 6) is 0.241. The van der Waals surface area contributed by atoms with E-state index in [1.165, 1.54) is 4.88 Å². The van der Waals surface area contributed by atoms with Crippen LogP contribution in [0.5, 0.6) is 0 Å². The molecular weight excluding hydrogens is 290 g/mol. The lowest BCUT2D eigenvalue weighted by molar-refractivity contribution is -0.130. The zero-order valence-corrected chi connectivity index (χ0v) is 13.0. The first-order valence-electron chi connectivity index (χ1n) is 6.70. The Labute approximate surface area is 126 Å². The number of carbonyl (C=O) groups excluding carboxylic acids is 1. The normalized spacial score (nSPS) is 15.7. The van der Waals surface area contributed by atoms with Gasteiger partial charge >= 0.3 is 0 Å². The molecule has 1 aliphatic rings. The molecule has 3 heterocycles. The van der Waals surface area contributed by atoms with Crippen LogP contribution in [-0.2, 0) is 11.2 Å². The standard InChI is InChI=1S/C14H17N3OS2/c1-11-2-3-12(20-11)10-13(18)16-5-7-17(8-6-16)14-15-4-9-19-14/h2-4,9H,5-8,10H2,1H3. The number of piperazine rings is 1. The average Bonchev–Trinajstić information content (AvgIpc) is 3.11. The lowest BCUT2D eigenvalue weighted by Gasteiger charge is -2.34. The van der Waals surface area contributed by atoms with Crippen LogP contribution in [0, 0.1) is 6.92 Å². The van der Waals surface area contributed by atoms with Gasteiger partial charge in [-0.1, -0.05) is 0 Å². The third-order valence-corrected chi connectivity index (χ3v) is 5.28. The zero-order valence-electron chi connectivity index (χ0n) is 11.4. The highest BCUT2D eigenvalue weighted by Crippen LogP contribution is 2.20. The molecule has 6 heteroatoms. The van der Waals surface area contributed by atoms with Crippen LogP contribution in [0.3, 0.4) is 0 Å². The molecule has 1 fully saturated rings. The van der Waals surface area contributed by atoms with E-state index in [0.717, 1.165) is 36.2 Å². The molecule has 0 aromatic carbocycles. The van der Waals surface area contributed by atoms with E-state index in [1.54, 1.807) is 22.7 Å². The van der Waals surface area contributed by atoms with E-state index in [9.17, 15) is 4.79 Å². The van der Waals surface area contributed by atoms with Crippen LogP contribution in [0.4, 0.5) is 5.13 Å². The van der Waals surface area contributed by atoms with Gasteiger partial charge in [-0.2, -0.15) is 0 Å². The molecule has 2 aromatic rings. The molecule has 0 unspecified atom stereocenters. The predicted molar refractivity (Wildman–Crippen MR) is 83.7 cm³/mol. The van der Waals surface area contributed by atoms with Crippen molar-refractivity contribution >= 4 is 33.7 Å². The minimum atomic E-state index is 0.241. The Kier molecular flexibility index (Phi) is 4.03. The van der Waals surface area contributed by atoms with E-state index in [-0.39, 0.29) is 5.91 Å². The first kappa shape index (κ1) is 13.6. The molecule has 4 nitrogen and oxygen atoms in total. The minimum absolute atomic E-state index is 0.241. The summed E-state index contributed by atoms with van der Waals surface area (Å²) in [5.41, 5.74) is 0. The van der Waals surface area contributed by atoms with Crippen molar-refractivity contribution in [3.8, 4) is 0 Å². The second-order valence-electron chi connectivity index (χ2n) is 4.87. The van der Waals surface area contributed by atoms with E-state index < -0.39 is 0 Å². The Bertz CT molecular complexity index is 571. The van der Waals surface area contributed by atoms with Crippen LogP contribution in [0.25, 0.3) is 0 Å². The smallest absolute Gasteiger partial charge is 0.227 e. The molecule has 2 aromatic heterocycles. The first-order valence-corrected chi connectivity index (χ1v) is 8.39. The van der Waals surface area contributed by atoms with Crippen molar-refractivity contribution in [1.29, 1.82) is 0 Å². The Morgan fingerprint density at radius 1 is 1.30 bits per heavy atom. The van der Waals surface area contributed by atoms with Crippen molar-refractivity contribution < 1.29 is 4.79 Å². The molecule has 1 amide bonds. The molecule has 0 spiro atoms. The fraction of sp³-hybridized carbons (Fsp3) is 0.429. The van der Waals surface area contributed by atoms with Crippen molar-refractivity contribution in [2.24, 2.45) is 0 Å². The van der Waals surface area contributed by atoms with E-state index in [2.05, 4.69) is 28.9 Å². The topological polar surface area (TPSA) is 36.4 Å². The summed E-state index contributed by atoms with van der Waals surface area (Å²) in [4.78, 5) is 23.2. The fourth-order valence-corrected chi connectivity index (χ4v) is 3.94. The zero-order chi connectivity index (χ0) is 13.9. The van der Waals surface area contributed by atoms with Crippen LogP contribution in [0.1, 0.15) is 9.75 Å². The van der Waals surface area contributed by atoms with Crippen LogP contribution in [0.15, 0.2) is 23.7 Å². The number of amides is 1. The largest absolute Gasteiger partial charge is 0.345 e. The summed E-state index contributed by atoms with van der Waals surface area (Å²) in [6, 6.07) is 4.14. The van der Waals surface area contributed by atoms with Gasteiger partial charge in [0.1, 0.15) is 0 Å². The molecule has 106 valence electrons. The summed E-state index contributed by atoms with van der Waals surface area (Å²) in [7, 11) is 0. The van der Waals surface area contributed by atoms with Gasteiger partial charge in [0.05, 0.1) is 6.42 Å². The summed E-state index contributed by atoms with van der Waals surface area (Å²) in [5, 5.41) is 3.05. The monoisotopic (exact) mass is 307 g/mol.